The second kappa shape index (κ2) is 10.9. The molecule has 31 heavy (non-hydrogen) atoms. The maximum atomic E-state index is 13.1. The first-order chi connectivity index (χ1) is 14.5. The van der Waals surface area contributed by atoms with E-state index >= 15 is 0 Å². The molecule has 1 aliphatic rings. The first-order valence-electron chi connectivity index (χ1n) is 10.3. The molecule has 1 heterocycles. The lowest BCUT2D eigenvalue weighted by Gasteiger charge is -2.41. The number of ether oxygens (including phenoxy) is 1. The van der Waals surface area contributed by atoms with Crippen molar-refractivity contribution < 1.29 is 27.5 Å². The number of anilines is 1. The topological polar surface area (TPSA) is 73.9 Å². The van der Waals surface area contributed by atoms with Gasteiger partial charge in [0.2, 0.25) is 11.8 Å². The van der Waals surface area contributed by atoms with Gasteiger partial charge in [-0.1, -0.05) is 19.1 Å². The summed E-state index contributed by atoms with van der Waals surface area (Å²) in [5.74, 6) is -0.855. The third-order valence-corrected chi connectivity index (χ3v) is 5.27. The molecule has 0 spiro atoms. The lowest BCUT2D eigenvalue weighted by Crippen LogP contribution is -2.56. The van der Waals surface area contributed by atoms with Crippen molar-refractivity contribution in [1.29, 1.82) is 0 Å². The number of carbonyl (C=O) groups is 2. The summed E-state index contributed by atoms with van der Waals surface area (Å²) in [6, 6.07) is 4.81. The van der Waals surface area contributed by atoms with E-state index in [1.165, 1.54) is 18.2 Å². The van der Waals surface area contributed by atoms with Crippen LogP contribution in [0.15, 0.2) is 24.3 Å². The van der Waals surface area contributed by atoms with Crippen molar-refractivity contribution in [3.8, 4) is 0 Å². The van der Waals surface area contributed by atoms with Crippen molar-refractivity contribution in [3.63, 3.8) is 0 Å². The lowest BCUT2D eigenvalue weighted by atomic mass is 10.0. The van der Waals surface area contributed by atoms with Gasteiger partial charge < -0.3 is 15.4 Å². The number of rotatable bonds is 9. The molecule has 1 aromatic carbocycles. The van der Waals surface area contributed by atoms with E-state index in [4.69, 9.17) is 4.74 Å². The maximum Gasteiger partial charge on any atom is 0.418 e. The third-order valence-electron chi connectivity index (χ3n) is 5.27. The van der Waals surface area contributed by atoms with Gasteiger partial charge in [-0.25, -0.2) is 0 Å². The van der Waals surface area contributed by atoms with Gasteiger partial charge in [-0.3, -0.25) is 19.4 Å². The van der Waals surface area contributed by atoms with Gasteiger partial charge in [0.1, 0.15) is 0 Å². The van der Waals surface area contributed by atoms with Crippen molar-refractivity contribution in [2.45, 2.75) is 32.5 Å². The highest BCUT2D eigenvalue weighted by Crippen LogP contribution is 2.34. The number of amides is 2. The van der Waals surface area contributed by atoms with Gasteiger partial charge in [0.15, 0.2) is 0 Å². The van der Waals surface area contributed by atoms with E-state index in [1.54, 1.807) is 11.8 Å². The van der Waals surface area contributed by atoms with E-state index in [0.717, 1.165) is 19.2 Å². The fourth-order valence-corrected chi connectivity index (χ4v) is 3.37. The normalized spacial score (nSPS) is 15.7. The smallest absolute Gasteiger partial charge is 0.379 e. The molecule has 0 aromatic heterocycles. The second-order valence-corrected chi connectivity index (χ2v) is 8.08. The van der Waals surface area contributed by atoms with Gasteiger partial charge in [0.05, 0.1) is 37.6 Å². The number of hydrogen-bond acceptors (Lipinski definition) is 5. The van der Waals surface area contributed by atoms with Crippen molar-refractivity contribution in [2.24, 2.45) is 0 Å². The quantitative estimate of drug-likeness (QED) is 0.611. The standard InChI is InChI=1S/C21H31F3N4O3/c1-4-27(13-18(29)25-15-20(2,3)28-9-11-31-12-10-28)14-19(30)26-17-8-6-5-7-16(17)21(22,23)24/h5-8H,4,9-15H2,1-3H3,(H,25,29)(H,26,30). The molecule has 2 amide bonds. The van der Waals surface area contributed by atoms with Crippen LogP contribution in [0.5, 0.6) is 0 Å². The summed E-state index contributed by atoms with van der Waals surface area (Å²) in [4.78, 5) is 28.5. The fourth-order valence-electron chi connectivity index (χ4n) is 3.37. The van der Waals surface area contributed by atoms with Crippen LogP contribution >= 0.6 is 0 Å². The minimum Gasteiger partial charge on any atom is -0.379 e. The van der Waals surface area contributed by atoms with Crippen LogP contribution < -0.4 is 10.6 Å². The number of nitrogens with one attached hydrogen (secondary N) is 2. The Labute approximate surface area is 180 Å². The van der Waals surface area contributed by atoms with Crippen LogP contribution in [0.1, 0.15) is 26.3 Å². The predicted octanol–water partition coefficient (Wildman–Crippen LogP) is 2.19. The Morgan fingerprint density at radius 3 is 2.32 bits per heavy atom. The third kappa shape index (κ3) is 7.79. The molecule has 1 aromatic rings. The highest BCUT2D eigenvalue weighted by atomic mass is 19.4. The molecule has 0 atom stereocenters. The molecule has 0 saturated carbocycles. The van der Waals surface area contributed by atoms with E-state index < -0.39 is 17.6 Å². The van der Waals surface area contributed by atoms with E-state index in [9.17, 15) is 22.8 Å². The van der Waals surface area contributed by atoms with Crippen LogP contribution in [-0.2, 0) is 20.5 Å². The second-order valence-electron chi connectivity index (χ2n) is 8.08. The Morgan fingerprint density at radius 2 is 1.71 bits per heavy atom. The van der Waals surface area contributed by atoms with Crippen LogP contribution in [-0.4, -0.2) is 79.6 Å². The number of benzene rings is 1. The zero-order chi connectivity index (χ0) is 23.1. The van der Waals surface area contributed by atoms with E-state index in [1.807, 2.05) is 13.8 Å². The Balaban J connectivity index is 1.86. The number of nitrogens with zero attached hydrogens (tertiary/aromatic N) is 2. The Bertz CT molecular complexity index is 750. The predicted molar refractivity (Wildman–Crippen MR) is 112 cm³/mol. The van der Waals surface area contributed by atoms with Gasteiger partial charge in [0, 0.05) is 25.2 Å². The first kappa shape index (κ1) is 25.1. The highest BCUT2D eigenvalue weighted by molar-refractivity contribution is 5.93. The number of carbonyl (C=O) groups excluding carboxylic acids is 2. The summed E-state index contributed by atoms with van der Waals surface area (Å²) < 4.78 is 44.6. The summed E-state index contributed by atoms with van der Waals surface area (Å²) >= 11 is 0. The minimum absolute atomic E-state index is 0.0238. The Kier molecular flexibility index (Phi) is 8.84. The summed E-state index contributed by atoms with van der Waals surface area (Å²) in [7, 11) is 0. The van der Waals surface area contributed by atoms with Crippen molar-refractivity contribution in [3.05, 3.63) is 29.8 Å². The molecule has 0 unspecified atom stereocenters. The molecule has 2 rings (SSSR count). The molecule has 174 valence electrons. The number of alkyl halides is 3. The molecule has 10 heteroatoms. The highest BCUT2D eigenvalue weighted by Gasteiger charge is 2.33. The first-order valence-corrected chi connectivity index (χ1v) is 10.3. The van der Waals surface area contributed by atoms with Crippen molar-refractivity contribution >= 4 is 17.5 Å². The zero-order valence-electron chi connectivity index (χ0n) is 18.2. The molecule has 7 nitrogen and oxygen atoms in total. The number of para-hydroxylation sites is 1. The molecule has 1 aliphatic heterocycles. The monoisotopic (exact) mass is 444 g/mol. The largest absolute Gasteiger partial charge is 0.418 e. The number of morpholine rings is 1. The van der Waals surface area contributed by atoms with Gasteiger partial charge in [-0.2, -0.15) is 13.2 Å². The lowest BCUT2D eigenvalue weighted by molar-refractivity contribution is -0.137. The molecule has 2 N–H and O–H groups in total. The molecule has 0 bridgehead atoms. The van der Waals surface area contributed by atoms with Crippen LogP contribution in [0.4, 0.5) is 18.9 Å². The van der Waals surface area contributed by atoms with Gasteiger partial charge in [0.25, 0.3) is 0 Å². The fraction of sp³-hybridized carbons (Fsp3) is 0.619. The van der Waals surface area contributed by atoms with Gasteiger partial charge in [-0.15, -0.1) is 0 Å². The van der Waals surface area contributed by atoms with Crippen LogP contribution in [0, 0.1) is 0 Å². The van der Waals surface area contributed by atoms with Crippen LogP contribution in [0.3, 0.4) is 0 Å². The maximum absolute atomic E-state index is 13.1. The molecular weight excluding hydrogens is 413 g/mol. The Morgan fingerprint density at radius 1 is 1.10 bits per heavy atom. The summed E-state index contributed by atoms with van der Waals surface area (Å²) in [6.07, 6.45) is -4.57. The Hall–Kier alpha value is -2.17. The average Bonchev–Trinajstić information content (AvgIpc) is 2.72. The number of halogens is 3. The number of likely N-dealkylation sites (N-methyl/N-ethyl adjacent to an activating group) is 1. The van der Waals surface area contributed by atoms with E-state index in [2.05, 4.69) is 15.5 Å². The van der Waals surface area contributed by atoms with Crippen LogP contribution in [0.25, 0.3) is 0 Å². The zero-order valence-corrected chi connectivity index (χ0v) is 18.2. The number of hydrogen-bond donors (Lipinski definition) is 2. The van der Waals surface area contributed by atoms with E-state index in [0.29, 0.717) is 26.3 Å². The molecule has 0 aliphatic carbocycles. The van der Waals surface area contributed by atoms with Gasteiger partial charge >= 0.3 is 6.18 Å². The van der Waals surface area contributed by atoms with Crippen molar-refractivity contribution in [1.82, 2.24) is 15.1 Å². The minimum atomic E-state index is -4.57. The SMILES string of the molecule is CCN(CC(=O)NCC(C)(C)N1CCOCC1)CC(=O)Nc1ccccc1C(F)(F)F. The summed E-state index contributed by atoms with van der Waals surface area (Å²) in [5, 5.41) is 5.20. The molecule has 0 radical (unpaired) electrons. The summed E-state index contributed by atoms with van der Waals surface area (Å²) in [6.45, 7) is 9.40. The van der Waals surface area contributed by atoms with Crippen LogP contribution in [0.2, 0.25) is 0 Å². The van der Waals surface area contributed by atoms with Crippen molar-refractivity contribution in [2.75, 3.05) is 57.8 Å². The van der Waals surface area contributed by atoms with E-state index in [-0.39, 0.29) is 30.2 Å². The molecular formula is C21H31F3N4O3. The average molecular weight is 444 g/mol. The molecule has 1 saturated heterocycles. The molecule has 1 fully saturated rings. The summed E-state index contributed by atoms with van der Waals surface area (Å²) in [5.41, 5.74) is -1.45. The van der Waals surface area contributed by atoms with Gasteiger partial charge in [-0.05, 0) is 32.5 Å².